The van der Waals surface area contributed by atoms with Gasteiger partial charge in [0.15, 0.2) is 5.96 Å². The molecule has 0 saturated carbocycles. The Morgan fingerprint density at radius 2 is 1.74 bits per heavy atom. The van der Waals surface area contributed by atoms with Crippen molar-refractivity contribution in [1.82, 2.24) is 15.5 Å². The van der Waals surface area contributed by atoms with Crippen molar-refractivity contribution < 1.29 is 9.47 Å². The van der Waals surface area contributed by atoms with E-state index < -0.39 is 0 Å². The van der Waals surface area contributed by atoms with E-state index in [0.717, 1.165) is 38.6 Å². The Morgan fingerprint density at radius 3 is 2.44 bits per heavy atom. The van der Waals surface area contributed by atoms with E-state index in [1.165, 1.54) is 43.5 Å². The van der Waals surface area contributed by atoms with Gasteiger partial charge in [-0.2, -0.15) is 0 Å². The standard InChI is InChI=1S/C21H36N4O2/c1-22-21(23-11-6-14-27-16-15-26-2)24-17-19-7-9-20(10-8-19)18-25-12-4-3-5-13-25/h7-10H,3-6,11-18H2,1-2H3,(H2,22,23,24). The number of aliphatic imine (C=N–C) groups is 1. The molecule has 1 fully saturated rings. The van der Waals surface area contributed by atoms with Gasteiger partial charge in [-0.3, -0.25) is 9.89 Å². The summed E-state index contributed by atoms with van der Waals surface area (Å²) in [6.45, 7) is 7.18. The van der Waals surface area contributed by atoms with Crippen LogP contribution in [0.25, 0.3) is 0 Å². The maximum Gasteiger partial charge on any atom is 0.191 e. The summed E-state index contributed by atoms with van der Waals surface area (Å²) in [7, 11) is 3.48. The highest BCUT2D eigenvalue weighted by Crippen LogP contribution is 2.13. The summed E-state index contributed by atoms with van der Waals surface area (Å²) in [4.78, 5) is 6.83. The molecule has 0 aliphatic carbocycles. The lowest BCUT2D eigenvalue weighted by atomic mass is 10.1. The van der Waals surface area contributed by atoms with Gasteiger partial charge in [0.2, 0.25) is 0 Å². The first-order valence-electron chi connectivity index (χ1n) is 10.1. The van der Waals surface area contributed by atoms with Crippen molar-refractivity contribution in [2.45, 2.75) is 38.8 Å². The lowest BCUT2D eigenvalue weighted by Crippen LogP contribution is -2.37. The van der Waals surface area contributed by atoms with E-state index in [-0.39, 0.29) is 0 Å². The first kappa shape index (κ1) is 21.7. The summed E-state index contributed by atoms with van der Waals surface area (Å²) < 4.78 is 10.4. The van der Waals surface area contributed by atoms with Crippen LogP contribution < -0.4 is 10.6 Å². The zero-order chi connectivity index (χ0) is 19.2. The molecule has 1 aromatic carbocycles. The molecule has 152 valence electrons. The minimum atomic E-state index is 0.646. The van der Waals surface area contributed by atoms with E-state index in [2.05, 4.69) is 44.8 Å². The number of nitrogens with zero attached hydrogens (tertiary/aromatic N) is 2. The Balaban J connectivity index is 1.62. The van der Waals surface area contributed by atoms with Gasteiger partial charge in [-0.25, -0.2) is 0 Å². The topological polar surface area (TPSA) is 58.1 Å². The zero-order valence-corrected chi connectivity index (χ0v) is 17.0. The smallest absolute Gasteiger partial charge is 0.191 e. The molecule has 1 aliphatic rings. The number of benzene rings is 1. The molecule has 6 nitrogen and oxygen atoms in total. The second-order valence-corrected chi connectivity index (χ2v) is 6.96. The Morgan fingerprint density at radius 1 is 1.00 bits per heavy atom. The minimum absolute atomic E-state index is 0.646. The third kappa shape index (κ3) is 9.22. The number of methoxy groups -OCH3 is 1. The maximum absolute atomic E-state index is 5.46. The molecule has 6 heteroatoms. The lowest BCUT2D eigenvalue weighted by Gasteiger charge is -2.26. The molecule has 0 unspecified atom stereocenters. The number of hydrogen-bond donors (Lipinski definition) is 2. The van der Waals surface area contributed by atoms with Gasteiger partial charge in [0.05, 0.1) is 13.2 Å². The van der Waals surface area contributed by atoms with Crippen LogP contribution in [0.4, 0.5) is 0 Å². The van der Waals surface area contributed by atoms with E-state index in [0.29, 0.717) is 13.2 Å². The summed E-state index contributed by atoms with van der Waals surface area (Å²) in [6.07, 6.45) is 5.01. The van der Waals surface area contributed by atoms with Crippen LogP contribution in [0.5, 0.6) is 0 Å². The molecule has 0 amide bonds. The van der Waals surface area contributed by atoms with Crippen LogP contribution in [-0.2, 0) is 22.6 Å². The molecule has 0 radical (unpaired) electrons. The number of rotatable bonds is 11. The van der Waals surface area contributed by atoms with Crippen molar-refractivity contribution in [2.75, 3.05) is 53.6 Å². The summed E-state index contributed by atoms with van der Waals surface area (Å²) in [5.74, 6) is 0.823. The predicted molar refractivity (Wildman–Crippen MR) is 111 cm³/mol. The fraction of sp³-hybridized carbons (Fsp3) is 0.667. The molecule has 1 aliphatic heterocycles. The van der Waals surface area contributed by atoms with Crippen LogP contribution in [0.15, 0.2) is 29.3 Å². The second-order valence-electron chi connectivity index (χ2n) is 6.96. The van der Waals surface area contributed by atoms with Gasteiger partial charge in [0.1, 0.15) is 0 Å². The molecular formula is C21H36N4O2. The van der Waals surface area contributed by atoms with Gasteiger partial charge in [0, 0.05) is 40.4 Å². The van der Waals surface area contributed by atoms with Crippen LogP contribution in [0.1, 0.15) is 36.8 Å². The first-order chi connectivity index (χ1) is 13.3. The summed E-state index contributed by atoms with van der Waals surface area (Å²) >= 11 is 0. The molecule has 27 heavy (non-hydrogen) atoms. The fourth-order valence-electron chi connectivity index (χ4n) is 3.17. The van der Waals surface area contributed by atoms with Gasteiger partial charge in [-0.05, 0) is 43.5 Å². The van der Waals surface area contributed by atoms with Crippen LogP contribution in [0.2, 0.25) is 0 Å². The molecule has 0 bridgehead atoms. The SMILES string of the molecule is CN=C(NCCCOCCOC)NCc1ccc(CN2CCCCC2)cc1. The quantitative estimate of drug-likeness (QED) is 0.353. The van der Waals surface area contributed by atoms with Crippen LogP contribution in [0.3, 0.4) is 0 Å². The lowest BCUT2D eigenvalue weighted by molar-refractivity contribution is 0.0698. The number of guanidine groups is 1. The third-order valence-corrected chi connectivity index (χ3v) is 4.75. The van der Waals surface area contributed by atoms with Gasteiger partial charge in [-0.15, -0.1) is 0 Å². The maximum atomic E-state index is 5.46. The molecular weight excluding hydrogens is 340 g/mol. The number of piperidine rings is 1. The van der Waals surface area contributed by atoms with E-state index >= 15 is 0 Å². The highest BCUT2D eigenvalue weighted by atomic mass is 16.5. The number of likely N-dealkylation sites (tertiary alicyclic amines) is 1. The van der Waals surface area contributed by atoms with Gasteiger partial charge in [-0.1, -0.05) is 30.7 Å². The van der Waals surface area contributed by atoms with Gasteiger partial charge in [0.25, 0.3) is 0 Å². The summed E-state index contributed by atoms with van der Waals surface area (Å²) in [5, 5.41) is 6.68. The number of ether oxygens (including phenoxy) is 2. The van der Waals surface area contributed by atoms with Crippen molar-refractivity contribution in [3.05, 3.63) is 35.4 Å². The van der Waals surface area contributed by atoms with Crippen LogP contribution >= 0.6 is 0 Å². The summed E-state index contributed by atoms with van der Waals surface area (Å²) in [5.41, 5.74) is 2.67. The average Bonchev–Trinajstić information content (AvgIpc) is 2.71. The molecule has 1 aromatic rings. The minimum Gasteiger partial charge on any atom is -0.382 e. The first-order valence-corrected chi connectivity index (χ1v) is 10.1. The van der Waals surface area contributed by atoms with E-state index in [4.69, 9.17) is 9.47 Å². The third-order valence-electron chi connectivity index (χ3n) is 4.75. The molecule has 2 N–H and O–H groups in total. The average molecular weight is 377 g/mol. The zero-order valence-electron chi connectivity index (χ0n) is 17.0. The van der Waals surface area contributed by atoms with E-state index in [9.17, 15) is 0 Å². The molecule has 1 saturated heterocycles. The number of nitrogens with one attached hydrogen (secondary N) is 2. The monoisotopic (exact) mass is 376 g/mol. The van der Waals surface area contributed by atoms with Crippen molar-refractivity contribution >= 4 is 5.96 Å². The fourth-order valence-corrected chi connectivity index (χ4v) is 3.17. The Bertz CT molecular complexity index is 527. The van der Waals surface area contributed by atoms with Crippen molar-refractivity contribution in [1.29, 1.82) is 0 Å². The molecule has 2 rings (SSSR count). The largest absolute Gasteiger partial charge is 0.382 e. The molecule has 0 aromatic heterocycles. The highest BCUT2D eigenvalue weighted by Gasteiger charge is 2.10. The number of hydrogen-bond acceptors (Lipinski definition) is 4. The van der Waals surface area contributed by atoms with Gasteiger partial charge < -0.3 is 20.1 Å². The van der Waals surface area contributed by atoms with E-state index in [1.807, 2.05) is 0 Å². The highest BCUT2D eigenvalue weighted by molar-refractivity contribution is 5.79. The van der Waals surface area contributed by atoms with E-state index in [1.54, 1.807) is 14.2 Å². The summed E-state index contributed by atoms with van der Waals surface area (Å²) in [6, 6.07) is 8.92. The molecule has 1 heterocycles. The Hall–Kier alpha value is -1.63. The van der Waals surface area contributed by atoms with Crippen molar-refractivity contribution in [3.63, 3.8) is 0 Å². The Kier molecular flexibility index (Phi) is 10.9. The van der Waals surface area contributed by atoms with Crippen LogP contribution in [-0.4, -0.2) is 64.5 Å². The van der Waals surface area contributed by atoms with Crippen molar-refractivity contribution in [3.8, 4) is 0 Å². The molecule has 0 atom stereocenters. The molecule has 0 spiro atoms. The second kappa shape index (κ2) is 13.5. The van der Waals surface area contributed by atoms with Crippen LogP contribution in [0, 0.1) is 0 Å². The normalized spacial score (nSPS) is 15.7. The Labute approximate surface area is 164 Å². The van der Waals surface area contributed by atoms with Crippen molar-refractivity contribution in [2.24, 2.45) is 4.99 Å². The predicted octanol–water partition coefficient (Wildman–Crippen LogP) is 2.39. The van der Waals surface area contributed by atoms with Gasteiger partial charge >= 0.3 is 0 Å².